The van der Waals surface area contributed by atoms with Crippen molar-refractivity contribution in [3.05, 3.63) is 39.7 Å². The Morgan fingerprint density at radius 3 is 2.82 bits per heavy atom. The number of rotatable bonds is 3. The summed E-state index contributed by atoms with van der Waals surface area (Å²) in [5.41, 5.74) is 0.909. The Labute approximate surface area is 127 Å². The van der Waals surface area contributed by atoms with Crippen LogP contribution in [0.25, 0.3) is 11.0 Å². The fourth-order valence-electron chi connectivity index (χ4n) is 2.96. The minimum atomic E-state index is -0.520. The third-order valence-electron chi connectivity index (χ3n) is 4.28. The smallest absolute Gasteiger partial charge is 0.336 e. The van der Waals surface area contributed by atoms with E-state index in [-0.39, 0.29) is 24.2 Å². The average Bonchev–Trinajstić information content (AvgIpc) is 3.03. The monoisotopic (exact) mass is 302 g/mol. The van der Waals surface area contributed by atoms with E-state index in [4.69, 9.17) is 9.15 Å². The van der Waals surface area contributed by atoms with Crippen molar-refractivity contribution in [2.45, 2.75) is 39.2 Å². The van der Waals surface area contributed by atoms with Crippen molar-refractivity contribution >= 4 is 16.9 Å². The summed E-state index contributed by atoms with van der Waals surface area (Å²) in [5.74, 6) is -0.151. The molecule has 22 heavy (non-hydrogen) atoms. The first-order chi connectivity index (χ1) is 10.6. The van der Waals surface area contributed by atoms with E-state index in [1.807, 2.05) is 0 Å². The Kier molecular flexibility index (Phi) is 3.88. The molecule has 1 heterocycles. The van der Waals surface area contributed by atoms with Gasteiger partial charge in [0.1, 0.15) is 17.9 Å². The minimum absolute atomic E-state index is 0.0165. The molecule has 3 rings (SSSR count). The number of hydrogen-bond donors (Lipinski definition) is 1. The van der Waals surface area contributed by atoms with Gasteiger partial charge in [0.15, 0.2) is 0 Å². The second-order valence-corrected chi connectivity index (χ2v) is 5.77. The van der Waals surface area contributed by atoms with Crippen LogP contribution in [-0.2, 0) is 16.1 Å². The van der Waals surface area contributed by atoms with Crippen LogP contribution >= 0.6 is 0 Å². The number of esters is 1. The fourth-order valence-corrected chi connectivity index (χ4v) is 2.96. The Balaban J connectivity index is 1.88. The maximum absolute atomic E-state index is 12.0. The van der Waals surface area contributed by atoms with Crippen LogP contribution in [0.3, 0.4) is 0 Å². The predicted molar refractivity (Wildman–Crippen MR) is 80.6 cm³/mol. The number of benzene rings is 1. The number of phenols is 1. The molecule has 0 bridgehead atoms. The highest BCUT2D eigenvalue weighted by Crippen LogP contribution is 2.29. The van der Waals surface area contributed by atoms with Gasteiger partial charge in [-0.15, -0.1) is 0 Å². The molecule has 1 aromatic heterocycles. The molecule has 1 aliphatic rings. The van der Waals surface area contributed by atoms with E-state index in [9.17, 15) is 14.7 Å². The molecule has 0 aliphatic heterocycles. The first-order valence-corrected chi connectivity index (χ1v) is 7.48. The normalized spacial score (nSPS) is 15.3. The number of ether oxygens (including phenoxy) is 1. The first-order valence-electron chi connectivity index (χ1n) is 7.48. The summed E-state index contributed by atoms with van der Waals surface area (Å²) in [4.78, 5) is 23.7. The van der Waals surface area contributed by atoms with E-state index in [0.29, 0.717) is 22.1 Å². The molecule has 0 spiro atoms. The SMILES string of the molecule is Cc1c(O)ccc2c(COC(=O)C3CCCC3)cc(=O)oc12. The van der Waals surface area contributed by atoms with Crippen molar-refractivity contribution in [2.24, 2.45) is 5.92 Å². The second-order valence-electron chi connectivity index (χ2n) is 5.77. The van der Waals surface area contributed by atoms with E-state index >= 15 is 0 Å². The lowest BCUT2D eigenvalue weighted by atomic mass is 10.1. The average molecular weight is 302 g/mol. The third kappa shape index (κ3) is 2.71. The van der Waals surface area contributed by atoms with Crippen LogP contribution in [0.15, 0.2) is 27.4 Å². The fraction of sp³-hybridized carbons (Fsp3) is 0.412. The molecule has 1 fully saturated rings. The Bertz CT molecular complexity index is 768. The summed E-state index contributed by atoms with van der Waals surface area (Å²) < 4.78 is 10.5. The predicted octanol–water partition coefficient (Wildman–Crippen LogP) is 3.04. The number of fused-ring (bicyclic) bond motifs is 1. The van der Waals surface area contributed by atoms with Gasteiger partial charge in [0, 0.05) is 22.6 Å². The lowest BCUT2D eigenvalue weighted by molar-refractivity contribution is -0.149. The zero-order valence-corrected chi connectivity index (χ0v) is 12.4. The lowest BCUT2D eigenvalue weighted by Gasteiger charge is -2.11. The molecule has 1 saturated carbocycles. The van der Waals surface area contributed by atoms with Crippen LogP contribution in [0, 0.1) is 12.8 Å². The molecule has 1 N–H and O–H groups in total. The van der Waals surface area contributed by atoms with Gasteiger partial charge in [0.25, 0.3) is 0 Å². The van der Waals surface area contributed by atoms with Gasteiger partial charge in [-0.25, -0.2) is 4.79 Å². The Morgan fingerprint density at radius 1 is 1.36 bits per heavy atom. The van der Waals surface area contributed by atoms with Crippen molar-refractivity contribution < 1.29 is 19.1 Å². The van der Waals surface area contributed by atoms with Crippen LogP contribution in [0.5, 0.6) is 5.75 Å². The summed E-state index contributed by atoms with van der Waals surface area (Å²) in [6.45, 7) is 1.72. The van der Waals surface area contributed by atoms with Gasteiger partial charge in [0.2, 0.25) is 0 Å². The van der Waals surface area contributed by atoms with Crippen molar-refractivity contribution in [1.82, 2.24) is 0 Å². The number of carbonyl (C=O) groups is 1. The number of carbonyl (C=O) groups excluding carboxylic acids is 1. The molecule has 5 nitrogen and oxygen atoms in total. The number of hydrogen-bond acceptors (Lipinski definition) is 5. The molecule has 0 amide bonds. The van der Waals surface area contributed by atoms with Gasteiger partial charge in [-0.3, -0.25) is 4.79 Å². The minimum Gasteiger partial charge on any atom is -0.508 e. The molecule has 2 aromatic rings. The Hall–Kier alpha value is -2.30. The van der Waals surface area contributed by atoms with Gasteiger partial charge >= 0.3 is 11.6 Å². The Morgan fingerprint density at radius 2 is 2.09 bits per heavy atom. The van der Waals surface area contributed by atoms with E-state index < -0.39 is 5.63 Å². The molecule has 0 radical (unpaired) electrons. The third-order valence-corrected chi connectivity index (χ3v) is 4.28. The summed E-state index contributed by atoms with van der Waals surface area (Å²) in [6.07, 6.45) is 3.89. The maximum Gasteiger partial charge on any atom is 0.336 e. The molecule has 1 aromatic carbocycles. The highest BCUT2D eigenvalue weighted by atomic mass is 16.5. The largest absolute Gasteiger partial charge is 0.508 e. The summed E-state index contributed by atoms with van der Waals surface area (Å²) in [6, 6.07) is 4.54. The zero-order valence-electron chi connectivity index (χ0n) is 12.4. The quantitative estimate of drug-likeness (QED) is 0.696. The lowest BCUT2D eigenvalue weighted by Crippen LogP contribution is -2.15. The molecule has 0 atom stereocenters. The van der Waals surface area contributed by atoms with Crippen molar-refractivity contribution in [2.75, 3.05) is 0 Å². The number of phenolic OH excluding ortho intramolecular Hbond substituents is 1. The van der Waals surface area contributed by atoms with Crippen LogP contribution in [0.1, 0.15) is 36.8 Å². The highest BCUT2D eigenvalue weighted by Gasteiger charge is 2.24. The van der Waals surface area contributed by atoms with E-state index in [0.717, 1.165) is 25.7 Å². The van der Waals surface area contributed by atoms with Crippen molar-refractivity contribution in [3.8, 4) is 5.75 Å². The van der Waals surface area contributed by atoms with E-state index in [1.54, 1.807) is 19.1 Å². The molecule has 0 saturated heterocycles. The molecule has 116 valence electrons. The van der Waals surface area contributed by atoms with Crippen LogP contribution < -0.4 is 5.63 Å². The standard InChI is InChI=1S/C17H18O5/c1-10-14(18)7-6-13-12(8-15(19)22-16(10)13)9-21-17(20)11-4-2-3-5-11/h6-8,11,18H,2-5,9H2,1H3. The number of aromatic hydroxyl groups is 1. The number of aryl methyl sites for hydroxylation is 1. The molecular weight excluding hydrogens is 284 g/mol. The van der Waals surface area contributed by atoms with Crippen LogP contribution in [0.2, 0.25) is 0 Å². The molecule has 5 heteroatoms. The summed E-state index contributed by atoms with van der Waals surface area (Å²) >= 11 is 0. The van der Waals surface area contributed by atoms with Gasteiger partial charge < -0.3 is 14.3 Å². The van der Waals surface area contributed by atoms with E-state index in [1.165, 1.54) is 6.07 Å². The van der Waals surface area contributed by atoms with Gasteiger partial charge in [-0.05, 0) is 31.9 Å². The van der Waals surface area contributed by atoms with Crippen molar-refractivity contribution in [3.63, 3.8) is 0 Å². The van der Waals surface area contributed by atoms with Crippen LogP contribution in [-0.4, -0.2) is 11.1 Å². The maximum atomic E-state index is 12.0. The molecule has 1 aliphatic carbocycles. The van der Waals surface area contributed by atoms with Gasteiger partial charge in [-0.1, -0.05) is 12.8 Å². The van der Waals surface area contributed by atoms with Gasteiger partial charge in [0.05, 0.1) is 5.92 Å². The van der Waals surface area contributed by atoms with Gasteiger partial charge in [-0.2, -0.15) is 0 Å². The topological polar surface area (TPSA) is 76.7 Å². The highest BCUT2D eigenvalue weighted by molar-refractivity contribution is 5.85. The summed E-state index contributed by atoms with van der Waals surface area (Å²) in [5, 5.41) is 10.4. The van der Waals surface area contributed by atoms with Crippen molar-refractivity contribution in [1.29, 1.82) is 0 Å². The second kappa shape index (κ2) is 5.83. The first kappa shape index (κ1) is 14.6. The molecular formula is C17H18O5. The molecule has 0 unspecified atom stereocenters. The van der Waals surface area contributed by atoms with E-state index in [2.05, 4.69) is 0 Å². The van der Waals surface area contributed by atoms with Crippen LogP contribution in [0.4, 0.5) is 0 Å². The summed E-state index contributed by atoms with van der Waals surface area (Å²) in [7, 11) is 0. The zero-order chi connectivity index (χ0) is 15.7.